The molecule has 0 unspecified atom stereocenters. The van der Waals surface area contributed by atoms with Gasteiger partial charge >= 0.3 is 6.18 Å². The Labute approximate surface area is 140 Å². The van der Waals surface area contributed by atoms with Crippen molar-refractivity contribution >= 4 is 17.3 Å². The molecule has 0 heterocycles. The summed E-state index contributed by atoms with van der Waals surface area (Å²) in [7, 11) is 0. The van der Waals surface area contributed by atoms with E-state index in [4.69, 9.17) is 4.74 Å². The van der Waals surface area contributed by atoms with E-state index in [1.807, 2.05) is 0 Å². The molecule has 2 rings (SSSR count). The Kier molecular flexibility index (Phi) is 5.26. The first-order valence-corrected chi connectivity index (χ1v) is 7.13. The molecule has 0 aliphatic heterocycles. The van der Waals surface area contributed by atoms with Gasteiger partial charge in [-0.25, -0.2) is 0 Å². The number of nitrogens with zero attached hydrogens (tertiary/aromatic N) is 1. The number of anilines is 1. The highest BCUT2D eigenvalue weighted by Crippen LogP contribution is 2.35. The molecule has 0 aliphatic carbocycles. The zero-order chi connectivity index (χ0) is 18.6. The molecular formula is C16H13F3N2O4. The molecule has 1 amide bonds. The molecule has 0 saturated heterocycles. The highest BCUT2D eigenvalue weighted by atomic mass is 19.4. The van der Waals surface area contributed by atoms with E-state index in [0.717, 1.165) is 24.3 Å². The Balaban J connectivity index is 2.42. The van der Waals surface area contributed by atoms with Crippen LogP contribution in [0.3, 0.4) is 0 Å². The smallest absolute Gasteiger partial charge is 0.418 e. The summed E-state index contributed by atoms with van der Waals surface area (Å²) in [5.41, 5.74) is -2.08. The van der Waals surface area contributed by atoms with Gasteiger partial charge < -0.3 is 10.1 Å². The first-order chi connectivity index (χ1) is 11.7. The molecule has 2 aromatic rings. The van der Waals surface area contributed by atoms with E-state index in [0.29, 0.717) is 0 Å². The van der Waals surface area contributed by atoms with Crippen molar-refractivity contribution in [2.24, 2.45) is 0 Å². The van der Waals surface area contributed by atoms with Gasteiger partial charge in [0.25, 0.3) is 11.6 Å². The van der Waals surface area contributed by atoms with Crippen LogP contribution in [0.5, 0.6) is 5.75 Å². The topological polar surface area (TPSA) is 81.5 Å². The fourth-order valence-corrected chi connectivity index (χ4v) is 2.12. The normalized spacial score (nSPS) is 11.0. The van der Waals surface area contributed by atoms with Crippen LogP contribution in [-0.4, -0.2) is 17.4 Å². The third-order valence-corrected chi connectivity index (χ3v) is 3.20. The molecule has 6 nitrogen and oxygen atoms in total. The molecule has 0 aromatic heterocycles. The van der Waals surface area contributed by atoms with Gasteiger partial charge in [0.15, 0.2) is 0 Å². The Bertz CT molecular complexity index is 806. The van der Waals surface area contributed by atoms with Crippen molar-refractivity contribution in [3.8, 4) is 5.75 Å². The molecule has 0 spiro atoms. The van der Waals surface area contributed by atoms with Crippen LogP contribution in [0.15, 0.2) is 42.5 Å². The monoisotopic (exact) mass is 354 g/mol. The second-order valence-corrected chi connectivity index (χ2v) is 4.87. The van der Waals surface area contributed by atoms with Gasteiger partial charge in [0.05, 0.1) is 28.3 Å². The fraction of sp³-hybridized carbons (Fsp3) is 0.188. The zero-order valence-corrected chi connectivity index (χ0v) is 13.0. The largest absolute Gasteiger partial charge is 0.493 e. The van der Waals surface area contributed by atoms with Gasteiger partial charge in [-0.15, -0.1) is 0 Å². The lowest BCUT2D eigenvalue weighted by Gasteiger charge is -2.15. The Morgan fingerprint density at radius 1 is 1.24 bits per heavy atom. The van der Waals surface area contributed by atoms with Crippen LogP contribution < -0.4 is 10.1 Å². The highest BCUT2D eigenvalue weighted by molar-refractivity contribution is 6.07. The molecular weight excluding hydrogens is 341 g/mol. The number of nitro groups is 1. The molecule has 2 aromatic carbocycles. The minimum absolute atomic E-state index is 0.0371. The third-order valence-electron chi connectivity index (χ3n) is 3.20. The number of halogens is 3. The van der Waals surface area contributed by atoms with Gasteiger partial charge in [-0.3, -0.25) is 14.9 Å². The van der Waals surface area contributed by atoms with Crippen LogP contribution in [0.2, 0.25) is 0 Å². The number of carbonyl (C=O) groups excluding carboxylic acids is 1. The van der Waals surface area contributed by atoms with E-state index in [2.05, 4.69) is 5.32 Å². The van der Waals surface area contributed by atoms with Crippen LogP contribution in [0.4, 0.5) is 24.5 Å². The molecule has 1 N–H and O–H groups in total. The summed E-state index contributed by atoms with van der Waals surface area (Å²) in [5, 5.41) is 13.0. The molecule has 25 heavy (non-hydrogen) atoms. The zero-order valence-electron chi connectivity index (χ0n) is 13.0. The number of para-hydroxylation sites is 1. The van der Waals surface area contributed by atoms with Gasteiger partial charge in [-0.2, -0.15) is 13.2 Å². The first-order valence-electron chi connectivity index (χ1n) is 7.13. The van der Waals surface area contributed by atoms with E-state index in [9.17, 15) is 28.1 Å². The molecule has 0 bridgehead atoms. The second kappa shape index (κ2) is 7.20. The number of carbonyl (C=O) groups is 1. The number of alkyl halides is 3. The maximum Gasteiger partial charge on any atom is 0.418 e. The van der Waals surface area contributed by atoms with Crippen molar-refractivity contribution in [2.75, 3.05) is 11.9 Å². The predicted octanol–water partition coefficient (Wildman–Crippen LogP) is 4.26. The summed E-state index contributed by atoms with van der Waals surface area (Å²) in [4.78, 5) is 22.5. The lowest BCUT2D eigenvalue weighted by atomic mass is 10.1. The number of amides is 1. The van der Waals surface area contributed by atoms with Crippen LogP contribution in [0.25, 0.3) is 0 Å². The number of hydrogen-bond acceptors (Lipinski definition) is 4. The maximum absolute atomic E-state index is 13.0. The van der Waals surface area contributed by atoms with E-state index in [1.54, 1.807) is 6.92 Å². The average molecular weight is 354 g/mol. The average Bonchev–Trinajstić information content (AvgIpc) is 2.54. The van der Waals surface area contributed by atoms with Crippen LogP contribution in [-0.2, 0) is 6.18 Å². The van der Waals surface area contributed by atoms with Gasteiger partial charge in [0, 0.05) is 12.1 Å². The lowest BCUT2D eigenvalue weighted by Crippen LogP contribution is -2.17. The van der Waals surface area contributed by atoms with E-state index < -0.39 is 28.3 Å². The van der Waals surface area contributed by atoms with Crippen molar-refractivity contribution in [1.29, 1.82) is 0 Å². The van der Waals surface area contributed by atoms with Gasteiger partial charge in [-0.05, 0) is 25.1 Å². The summed E-state index contributed by atoms with van der Waals surface area (Å²) in [6, 6.07) is 7.78. The van der Waals surface area contributed by atoms with Gasteiger partial charge in [0.2, 0.25) is 0 Å². The Hall–Kier alpha value is -3.10. The summed E-state index contributed by atoms with van der Waals surface area (Å²) >= 11 is 0. The summed E-state index contributed by atoms with van der Waals surface area (Å²) in [5.74, 6) is -0.904. The standard InChI is InChI=1S/C16H13F3N2O4/c1-2-25-14-8-7-10(21(23)24)9-11(14)15(22)20-13-6-4-3-5-12(13)16(17,18)19/h3-9H,2H2,1H3,(H,20,22). The van der Waals surface area contributed by atoms with Crippen molar-refractivity contribution in [3.05, 3.63) is 63.7 Å². The number of hydrogen-bond donors (Lipinski definition) is 1. The number of nitrogens with one attached hydrogen (secondary N) is 1. The van der Waals surface area contributed by atoms with Gasteiger partial charge in [-0.1, -0.05) is 12.1 Å². The second-order valence-electron chi connectivity index (χ2n) is 4.87. The van der Waals surface area contributed by atoms with Crippen molar-refractivity contribution in [1.82, 2.24) is 0 Å². The number of nitro benzene ring substituents is 1. The van der Waals surface area contributed by atoms with E-state index in [-0.39, 0.29) is 23.6 Å². The first kappa shape index (κ1) is 18.2. The molecule has 0 fully saturated rings. The summed E-state index contributed by atoms with van der Waals surface area (Å²) < 4.78 is 44.2. The predicted molar refractivity (Wildman–Crippen MR) is 83.7 cm³/mol. The van der Waals surface area contributed by atoms with Gasteiger partial charge in [0.1, 0.15) is 5.75 Å². The SMILES string of the molecule is CCOc1ccc([N+](=O)[O-])cc1C(=O)Nc1ccccc1C(F)(F)F. The number of non-ortho nitro benzene ring substituents is 1. The van der Waals surface area contributed by atoms with Crippen molar-refractivity contribution < 1.29 is 27.6 Å². The van der Waals surface area contributed by atoms with Crippen molar-refractivity contribution in [3.63, 3.8) is 0 Å². The van der Waals surface area contributed by atoms with Crippen LogP contribution in [0, 0.1) is 10.1 Å². The molecule has 0 radical (unpaired) electrons. The number of ether oxygens (including phenoxy) is 1. The molecule has 9 heteroatoms. The molecule has 0 saturated carbocycles. The molecule has 132 valence electrons. The molecule has 0 aliphatic rings. The quantitative estimate of drug-likeness (QED) is 0.642. The lowest BCUT2D eigenvalue weighted by molar-refractivity contribution is -0.384. The summed E-state index contributed by atoms with van der Waals surface area (Å²) in [6.07, 6.45) is -4.66. The highest BCUT2D eigenvalue weighted by Gasteiger charge is 2.33. The number of rotatable bonds is 5. The van der Waals surface area contributed by atoms with E-state index in [1.165, 1.54) is 18.2 Å². The van der Waals surface area contributed by atoms with E-state index >= 15 is 0 Å². The maximum atomic E-state index is 13.0. The van der Waals surface area contributed by atoms with Crippen LogP contribution in [0.1, 0.15) is 22.8 Å². The minimum atomic E-state index is -4.66. The third kappa shape index (κ3) is 4.25. The minimum Gasteiger partial charge on any atom is -0.493 e. The van der Waals surface area contributed by atoms with Crippen LogP contribution >= 0.6 is 0 Å². The van der Waals surface area contributed by atoms with Crippen molar-refractivity contribution in [2.45, 2.75) is 13.1 Å². The summed E-state index contributed by atoms with van der Waals surface area (Å²) in [6.45, 7) is 1.82. The fourth-order valence-electron chi connectivity index (χ4n) is 2.12. The Morgan fingerprint density at radius 3 is 2.52 bits per heavy atom. The number of benzene rings is 2. The Morgan fingerprint density at radius 2 is 1.92 bits per heavy atom. The molecule has 0 atom stereocenters.